The molecule has 3 nitrogen and oxygen atoms in total. The van der Waals surface area contributed by atoms with Gasteiger partial charge >= 0.3 is 0 Å². The van der Waals surface area contributed by atoms with E-state index in [1.54, 1.807) is 4.90 Å². The second-order valence-electron chi connectivity index (χ2n) is 5.31. The molecule has 0 aromatic heterocycles. The van der Waals surface area contributed by atoms with E-state index in [0.717, 1.165) is 21.4 Å². The molecule has 0 fully saturated rings. The number of aryl methyl sites for hydroxylation is 2. The van der Waals surface area contributed by atoms with Gasteiger partial charge in [0.1, 0.15) is 0 Å². The Morgan fingerprint density at radius 3 is 2.50 bits per heavy atom. The molecular formula is C18H21BrN2O. The number of carbonyl (C=O) groups excluding carboxylic acids is 1. The number of carbonyl (C=O) groups is 1. The lowest BCUT2D eigenvalue weighted by Crippen LogP contribution is -2.35. The summed E-state index contributed by atoms with van der Waals surface area (Å²) in [5.41, 5.74) is 4.20. The summed E-state index contributed by atoms with van der Waals surface area (Å²) >= 11 is 3.52. The monoisotopic (exact) mass is 360 g/mol. The minimum atomic E-state index is 0.0561. The first-order valence-electron chi connectivity index (χ1n) is 7.38. The molecule has 0 aliphatic carbocycles. The summed E-state index contributed by atoms with van der Waals surface area (Å²) in [6, 6.07) is 14.0. The molecule has 0 bridgehead atoms. The van der Waals surface area contributed by atoms with Gasteiger partial charge in [-0.15, -0.1) is 0 Å². The number of anilines is 2. The Morgan fingerprint density at radius 1 is 1.14 bits per heavy atom. The van der Waals surface area contributed by atoms with Crippen LogP contribution in [0.2, 0.25) is 0 Å². The Kier molecular flexibility index (Phi) is 5.61. The molecule has 2 rings (SSSR count). The summed E-state index contributed by atoms with van der Waals surface area (Å²) in [5.74, 6) is 0.0561. The summed E-state index contributed by atoms with van der Waals surface area (Å²) in [4.78, 5) is 14.3. The average Bonchev–Trinajstić information content (AvgIpc) is 2.47. The molecule has 0 atom stereocenters. The highest BCUT2D eigenvalue weighted by molar-refractivity contribution is 9.10. The van der Waals surface area contributed by atoms with Crippen LogP contribution in [0.25, 0.3) is 0 Å². The van der Waals surface area contributed by atoms with Gasteiger partial charge in [0.15, 0.2) is 0 Å². The van der Waals surface area contributed by atoms with Crippen molar-refractivity contribution in [3.63, 3.8) is 0 Å². The van der Waals surface area contributed by atoms with Crippen LogP contribution in [0, 0.1) is 13.8 Å². The number of amides is 1. The lowest BCUT2D eigenvalue weighted by Gasteiger charge is -2.22. The minimum Gasteiger partial charge on any atom is -0.375 e. The van der Waals surface area contributed by atoms with E-state index in [4.69, 9.17) is 0 Å². The molecule has 0 spiro atoms. The van der Waals surface area contributed by atoms with Crippen molar-refractivity contribution in [1.82, 2.24) is 0 Å². The summed E-state index contributed by atoms with van der Waals surface area (Å²) in [7, 11) is 0. The molecule has 1 N–H and O–H groups in total. The zero-order chi connectivity index (χ0) is 16.1. The SMILES string of the molecule is CCN(C(=O)CNc1ccc(C)cc1Br)c1cccc(C)c1. The van der Waals surface area contributed by atoms with Crippen LogP contribution in [0.3, 0.4) is 0 Å². The van der Waals surface area contributed by atoms with Crippen molar-refractivity contribution in [3.8, 4) is 0 Å². The van der Waals surface area contributed by atoms with Crippen molar-refractivity contribution < 1.29 is 4.79 Å². The number of hydrogen-bond acceptors (Lipinski definition) is 2. The van der Waals surface area contributed by atoms with Gasteiger partial charge in [-0.1, -0.05) is 18.2 Å². The maximum absolute atomic E-state index is 12.5. The fourth-order valence-corrected chi connectivity index (χ4v) is 2.96. The van der Waals surface area contributed by atoms with Gasteiger partial charge in [-0.25, -0.2) is 0 Å². The predicted molar refractivity (Wildman–Crippen MR) is 96.6 cm³/mol. The van der Waals surface area contributed by atoms with Crippen LogP contribution in [-0.2, 0) is 4.79 Å². The first-order chi connectivity index (χ1) is 10.5. The molecule has 0 aliphatic heterocycles. The molecule has 1 amide bonds. The Balaban J connectivity index is 2.06. The van der Waals surface area contributed by atoms with Crippen molar-refractivity contribution >= 4 is 33.2 Å². The molecule has 0 unspecified atom stereocenters. The molecule has 22 heavy (non-hydrogen) atoms. The third kappa shape index (κ3) is 4.10. The molecule has 116 valence electrons. The highest BCUT2D eigenvalue weighted by atomic mass is 79.9. The van der Waals surface area contributed by atoms with Crippen LogP contribution in [0.4, 0.5) is 11.4 Å². The topological polar surface area (TPSA) is 32.3 Å². The number of hydrogen-bond donors (Lipinski definition) is 1. The highest BCUT2D eigenvalue weighted by Crippen LogP contribution is 2.23. The van der Waals surface area contributed by atoms with E-state index in [2.05, 4.69) is 21.2 Å². The zero-order valence-corrected chi connectivity index (χ0v) is 14.8. The van der Waals surface area contributed by atoms with Gasteiger partial charge in [-0.05, 0) is 72.1 Å². The summed E-state index contributed by atoms with van der Waals surface area (Å²) in [6.07, 6.45) is 0. The van der Waals surface area contributed by atoms with Crippen LogP contribution in [-0.4, -0.2) is 19.0 Å². The summed E-state index contributed by atoms with van der Waals surface area (Å²) in [5, 5.41) is 3.20. The fraction of sp³-hybridized carbons (Fsp3) is 0.278. The van der Waals surface area contributed by atoms with Crippen molar-refractivity contribution in [2.75, 3.05) is 23.3 Å². The van der Waals surface area contributed by atoms with Crippen LogP contribution < -0.4 is 10.2 Å². The van der Waals surface area contributed by atoms with E-state index in [-0.39, 0.29) is 12.5 Å². The maximum Gasteiger partial charge on any atom is 0.246 e. The molecule has 0 heterocycles. The Morgan fingerprint density at radius 2 is 1.86 bits per heavy atom. The first kappa shape index (κ1) is 16.6. The molecule has 2 aromatic rings. The number of likely N-dealkylation sites (N-methyl/N-ethyl adjacent to an activating group) is 1. The number of nitrogens with one attached hydrogen (secondary N) is 1. The van der Waals surface area contributed by atoms with Gasteiger partial charge in [-0.3, -0.25) is 4.79 Å². The molecular weight excluding hydrogens is 340 g/mol. The summed E-state index contributed by atoms with van der Waals surface area (Å²) < 4.78 is 0.971. The molecule has 0 saturated heterocycles. The number of nitrogens with zero attached hydrogens (tertiary/aromatic N) is 1. The van der Waals surface area contributed by atoms with Crippen LogP contribution >= 0.6 is 15.9 Å². The first-order valence-corrected chi connectivity index (χ1v) is 8.17. The molecule has 0 saturated carbocycles. The lowest BCUT2D eigenvalue weighted by molar-refractivity contribution is -0.116. The van der Waals surface area contributed by atoms with E-state index < -0.39 is 0 Å². The molecule has 0 aliphatic rings. The number of rotatable bonds is 5. The Labute approximate surface area is 140 Å². The number of benzene rings is 2. The minimum absolute atomic E-state index is 0.0561. The highest BCUT2D eigenvalue weighted by Gasteiger charge is 2.14. The van der Waals surface area contributed by atoms with E-state index in [1.807, 2.05) is 63.2 Å². The predicted octanol–water partition coefficient (Wildman–Crippen LogP) is 4.53. The van der Waals surface area contributed by atoms with E-state index in [0.29, 0.717) is 6.54 Å². The maximum atomic E-state index is 12.5. The third-order valence-corrected chi connectivity index (χ3v) is 4.14. The van der Waals surface area contributed by atoms with Crippen molar-refractivity contribution in [2.24, 2.45) is 0 Å². The Bertz CT molecular complexity index is 670. The fourth-order valence-electron chi connectivity index (χ4n) is 2.33. The van der Waals surface area contributed by atoms with Gasteiger partial charge in [0.2, 0.25) is 5.91 Å². The normalized spacial score (nSPS) is 10.4. The smallest absolute Gasteiger partial charge is 0.246 e. The van der Waals surface area contributed by atoms with E-state index in [1.165, 1.54) is 5.56 Å². The quantitative estimate of drug-likeness (QED) is 0.849. The van der Waals surface area contributed by atoms with E-state index >= 15 is 0 Å². The average molecular weight is 361 g/mol. The van der Waals surface area contributed by atoms with Crippen LogP contribution in [0.15, 0.2) is 46.9 Å². The van der Waals surface area contributed by atoms with Crippen LogP contribution in [0.1, 0.15) is 18.1 Å². The van der Waals surface area contributed by atoms with Crippen LogP contribution in [0.5, 0.6) is 0 Å². The summed E-state index contributed by atoms with van der Waals surface area (Å²) in [6.45, 7) is 6.98. The second-order valence-corrected chi connectivity index (χ2v) is 6.17. The van der Waals surface area contributed by atoms with Crippen molar-refractivity contribution in [1.29, 1.82) is 0 Å². The van der Waals surface area contributed by atoms with Gasteiger partial charge in [0, 0.05) is 22.4 Å². The third-order valence-electron chi connectivity index (χ3n) is 3.49. The van der Waals surface area contributed by atoms with Gasteiger partial charge in [-0.2, -0.15) is 0 Å². The van der Waals surface area contributed by atoms with E-state index in [9.17, 15) is 4.79 Å². The molecule has 2 aromatic carbocycles. The zero-order valence-electron chi connectivity index (χ0n) is 13.2. The largest absolute Gasteiger partial charge is 0.375 e. The standard InChI is InChI=1S/C18H21BrN2O/c1-4-21(15-7-5-6-13(2)10-15)18(22)12-20-17-9-8-14(3)11-16(17)19/h5-11,20H,4,12H2,1-3H3. The lowest BCUT2D eigenvalue weighted by atomic mass is 10.2. The molecule has 4 heteroatoms. The molecule has 0 radical (unpaired) electrons. The van der Waals surface area contributed by atoms with Gasteiger partial charge in [0.05, 0.1) is 6.54 Å². The van der Waals surface area contributed by atoms with Crippen molar-refractivity contribution in [3.05, 3.63) is 58.1 Å². The van der Waals surface area contributed by atoms with Gasteiger partial charge < -0.3 is 10.2 Å². The second kappa shape index (κ2) is 7.45. The Hall–Kier alpha value is -1.81. The number of halogens is 1. The van der Waals surface area contributed by atoms with Gasteiger partial charge in [0.25, 0.3) is 0 Å². The van der Waals surface area contributed by atoms with Crippen molar-refractivity contribution in [2.45, 2.75) is 20.8 Å².